The first-order valence-corrected chi connectivity index (χ1v) is 9.46. The third-order valence-corrected chi connectivity index (χ3v) is 4.50. The van der Waals surface area contributed by atoms with Gasteiger partial charge in [-0.05, 0) is 34.7 Å². The first-order valence-electron chi connectivity index (χ1n) is 9.46. The van der Waals surface area contributed by atoms with Crippen LogP contribution in [0.2, 0.25) is 0 Å². The van der Waals surface area contributed by atoms with Crippen LogP contribution < -0.4 is 10.6 Å². The van der Waals surface area contributed by atoms with Crippen LogP contribution >= 0.6 is 0 Å². The number of benzene rings is 2. The number of hydrogen-bond donors (Lipinski definition) is 2. The lowest BCUT2D eigenvalue weighted by Gasteiger charge is -2.20. The molecule has 29 heavy (non-hydrogen) atoms. The van der Waals surface area contributed by atoms with E-state index in [-0.39, 0.29) is 11.3 Å². The predicted octanol–water partition coefficient (Wildman–Crippen LogP) is 3.46. The molecule has 0 spiro atoms. The highest BCUT2D eigenvalue weighted by Gasteiger charge is 2.23. The summed E-state index contributed by atoms with van der Waals surface area (Å²) in [4.78, 5) is 36.1. The Bertz CT molecular complexity index is 882. The van der Waals surface area contributed by atoms with Gasteiger partial charge in [0.2, 0.25) is 5.91 Å². The summed E-state index contributed by atoms with van der Waals surface area (Å²) < 4.78 is 4.87. The Morgan fingerprint density at radius 1 is 1.03 bits per heavy atom. The van der Waals surface area contributed by atoms with E-state index in [9.17, 15) is 14.4 Å². The van der Waals surface area contributed by atoms with E-state index in [0.29, 0.717) is 17.7 Å². The summed E-state index contributed by atoms with van der Waals surface area (Å²) in [7, 11) is 1.29. The Morgan fingerprint density at radius 3 is 2.24 bits per heavy atom. The summed E-state index contributed by atoms with van der Waals surface area (Å²) in [6, 6.07) is 13.7. The quantitative estimate of drug-likeness (QED) is 0.733. The summed E-state index contributed by atoms with van der Waals surface area (Å²) >= 11 is 0. The van der Waals surface area contributed by atoms with E-state index < -0.39 is 17.9 Å². The Kier molecular flexibility index (Phi) is 7.15. The van der Waals surface area contributed by atoms with Crippen molar-refractivity contribution < 1.29 is 19.1 Å². The zero-order chi connectivity index (χ0) is 21.6. The van der Waals surface area contributed by atoms with Gasteiger partial charge in [-0.25, -0.2) is 4.79 Å². The number of ether oxygens (including phenoxy) is 1. The largest absolute Gasteiger partial charge is 0.467 e. The minimum Gasteiger partial charge on any atom is -0.467 e. The van der Waals surface area contributed by atoms with Crippen molar-refractivity contribution in [1.82, 2.24) is 5.32 Å². The highest BCUT2D eigenvalue weighted by Crippen LogP contribution is 2.22. The number of nitrogens with one attached hydrogen (secondary N) is 2. The van der Waals surface area contributed by atoms with Crippen molar-refractivity contribution in [3.63, 3.8) is 0 Å². The van der Waals surface area contributed by atoms with Gasteiger partial charge in [-0.3, -0.25) is 9.59 Å². The minimum absolute atomic E-state index is 0.0351. The molecule has 0 saturated carbocycles. The first kappa shape index (κ1) is 22.1. The third kappa shape index (κ3) is 6.45. The van der Waals surface area contributed by atoms with Crippen molar-refractivity contribution in [2.24, 2.45) is 0 Å². The molecule has 0 fully saturated rings. The Balaban J connectivity index is 2.15. The normalized spacial score (nSPS) is 12.0. The van der Waals surface area contributed by atoms with Gasteiger partial charge < -0.3 is 15.4 Å². The molecule has 0 unspecified atom stereocenters. The molecule has 2 aromatic carbocycles. The third-order valence-electron chi connectivity index (χ3n) is 4.50. The number of amides is 2. The zero-order valence-electron chi connectivity index (χ0n) is 17.5. The van der Waals surface area contributed by atoms with Gasteiger partial charge in [0.05, 0.1) is 7.11 Å². The molecule has 0 aliphatic rings. The van der Waals surface area contributed by atoms with Gasteiger partial charge in [-0.1, -0.05) is 51.1 Å². The van der Waals surface area contributed by atoms with Crippen molar-refractivity contribution in [2.75, 3.05) is 12.4 Å². The molecule has 0 aliphatic carbocycles. The van der Waals surface area contributed by atoms with Crippen LogP contribution in [-0.2, 0) is 26.2 Å². The molecule has 2 aromatic rings. The van der Waals surface area contributed by atoms with Crippen LogP contribution in [0, 0.1) is 0 Å². The van der Waals surface area contributed by atoms with Crippen LogP contribution in [0.25, 0.3) is 0 Å². The van der Waals surface area contributed by atoms with Crippen LogP contribution in [0.4, 0.5) is 5.69 Å². The molecule has 0 bridgehead atoms. The SMILES string of the molecule is COC(=O)[C@H](Cc1ccc(C(C)(C)C)cc1)NC(=O)c1cccc(NC(C)=O)c1. The van der Waals surface area contributed by atoms with Crippen molar-refractivity contribution >= 4 is 23.5 Å². The molecule has 2 N–H and O–H groups in total. The summed E-state index contributed by atoms with van der Waals surface area (Å²) in [5, 5.41) is 5.37. The summed E-state index contributed by atoms with van der Waals surface area (Å²) in [6.07, 6.45) is 0.314. The lowest BCUT2D eigenvalue weighted by molar-refractivity contribution is -0.142. The van der Waals surface area contributed by atoms with Crippen molar-refractivity contribution in [1.29, 1.82) is 0 Å². The van der Waals surface area contributed by atoms with Gasteiger partial charge in [0.25, 0.3) is 5.91 Å². The van der Waals surface area contributed by atoms with Gasteiger partial charge in [-0.15, -0.1) is 0 Å². The van der Waals surface area contributed by atoms with Crippen molar-refractivity contribution in [3.8, 4) is 0 Å². The van der Waals surface area contributed by atoms with E-state index in [1.165, 1.54) is 19.6 Å². The van der Waals surface area contributed by atoms with Gasteiger partial charge in [0.15, 0.2) is 0 Å². The molecule has 2 amide bonds. The van der Waals surface area contributed by atoms with Gasteiger partial charge in [0.1, 0.15) is 6.04 Å². The first-order chi connectivity index (χ1) is 13.6. The monoisotopic (exact) mass is 396 g/mol. The molecule has 6 heteroatoms. The number of methoxy groups -OCH3 is 1. The van der Waals surface area contributed by atoms with Crippen molar-refractivity contribution in [2.45, 2.75) is 45.6 Å². The highest BCUT2D eigenvalue weighted by molar-refractivity contribution is 5.98. The number of carbonyl (C=O) groups is 3. The standard InChI is InChI=1S/C23H28N2O4/c1-15(26)24-19-8-6-7-17(14-19)21(27)25-20(22(28)29-5)13-16-9-11-18(12-10-16)23(2,3)4/h6-12,14,20H,13H2,1-5H3,(H,24,26)(H,25,27)/t20-/m0/s1. The summed E-state index contributed by atoms with van der Waals surface area (Å²) in [5.74, 6) is -1.16. The van der Waals surface area contributed by atoms with Gasteiger partial charge in [-0.2, -0.15) is 0 Å². The number of esters is 1. The van der Waals surface area contributed by atoms with E-state index >= 15 is 0 Å². The highest BCUT2D eigenvalue weighted by atomic mass is 16.5. The number of anilines is 1. The second-order valence-corrected chi connectivity index (χ2v) is 7.96. The molecule has 0 saturated heterocycles. The molecule has 0 radical (unpaired) electrons. The van der Waals surface area contributed by atoms with E-state index in [2.05, 4.69) is 31.4 Å². The molecule has 2 rings (SSSR count). The Hall–Kier alpha value is -3.15. The van der Waals surface area contributed by atoms with Gasteiger partial charge >= 0.3 is 5.97 Å². The van der Waals surface area contributed by atoms with Gasteiger partial charge in [0, 0.05) is 24.6 Å². The lowest BCUT2D eigenvalue weighted by Crippen LogP contribution is -2.43. The number of hydrogen-bond acceptors (Lipinski definition) is 4. The number of rotatable bonds is 6. The molecule has 6 nitrogen and oxygen atoms in total. The molecule has 0 aromatic heterocycles. The van der Waals surface area contributed by atoms with E-state index in [1.54, 1.807) is 24.3 Å². The Labute approximate surface area is 171 Å². The lowest BCUT2D eigenvalue weighted by atomic mass is 9.86. The fourth-order valence-electron chi connectivity index (χ4n) is 2.90. The van der Waals surface area contributed by atoms with E-state index in [0.717, 1.165) is 5.56 Å². The fraction of sp³-hybridized carbons (Fsp3) is 0.348. The molecule has 1 atom stereocenters. The Morgan fingerprint density at radius 2 is 1.69 bits per heavy atom. The van der Waals surface area contributed by atoms with Crippen LogP contribution in [0.15, 0.2) is 48.5 Å². The smallest absolute Gasteiger partial charge is 0.328 e. The molecule has 154 valence electrons. The summed E-state index contributed by atoms with van der Waals surface area (Å²) in [6.45, 7) is 7.79. The maximum Gasteiger partial charge on any atom is 0.328 e. The molecule has 0 aliphatic heterocycles. The predicted molar refractivity (Wildman–Crippen MR) is 113 cm³/mol. The second-order valence-electron chi connectivity index (χ2n) is 7.96. The minimum atomic E-state index is -0.822. The van der Waals surface area contributed by atoms with E-state index in [1.807, 2.05) is 24.3 Å². The topological polar surface area (TPSA) is 84.5 Å². The van der Waals surface area contributed by atoms with Crippen LogP contribution in [0.1, 0.15) is 49.2 Å². The molecular formula is C23H28N2O4. The fourth-order valence-corrected chi connectivity index (χ4v) is 2.90. The second kappa shape index (κ2) is 9.37. The number of carbonyl (C=O) groups excluding carboxylic acids is 3. The van der Waals surface area contributed by atoms with Crippen molar-refractivity contribution in [3.05, 3.63) is 65.2 Å². The van der Waals surface area contributed by atoms with Crippen LogP contribution in [-0.4, -0.2) is 30.9 Å². The average molecular weight is 396 g/mol. The zero-order valence-corrected chi connectivity index (χ0v) is 17.5. The van der Waals surface area contributed by atoms with E-state index in [4.69, 9.17) is 4.74 Å². The molecule has 0 heterocycles. The van der Waals surface area contributed by atoms with Crippen LogP contribution in [0.5, 0.6) is 0 Å². The average Bonchev–Trinajstić information content (AvgIpc) is 2.66. The van der Waals surface area contributed by atoms with Crippen LogP contribution in [0.3, 0.4) is 0 Å². The maximum atomic E-state index is 12.7. The summed E-state index contributed by atoms with van der Waals surface area (Å²) in [5.41, 5.74) is 2.99. The molecular weight excluding hydrogens is 368 g/mol. The maximum absolute atomic E-state index is 12.7.